The molecule has 0 radical (unpaired) electrons. The average Bonchev–Trinajstić information content (AvgIpc) is 3.09. The van der Waals surface area contributed by atoms with Crippen molar-refractivity contribution in [1.82, 2.24) is 0 Å². The Morgan fingerprint density at radius 3 is 1.53 bits per heavy atom. The number of ether oxygens (including phenoxy) is 1. The summed E-state index contributed by atoms with van der Waals surface area (Å²) in [5.74, 6) is 1.88. The minimum Gasteiger partial charge on any atom is -0.455 e. The smallest absolute Gasteiger partial charge is 0.155 e. The van der Waals surface area contributed by atoms with Crippen LogP contribution in [0, 0.1) is 0 Å². The van der Waals surface area contributed by atoms with Gasteiger partial charge in [-0.2, -0.15) is 0 Å². The molecule has 0 saturated heterocycles. The molecule has 0 saturated carbocycles. The molecule has 0 N–H and O–H groups in total. The van der Waals surface area contributed by atoms with E-state index >= 15 is 0 Å². The molecule has 6 heteroatoms. The van der Waals surface area contributed by atoms with Crippen molar-refractivity contribution in [3.63, 3.8) is 0 Å². The first-order valence-corrected chi connectivity index (χ1v) is 24.7. The van der Waals surface area contributed by atoms with Crippen LogP contribution in [0.25, 0.3) is 0 Å². The third-order valence-electron chi connectivity index (χ3n) is 11.0. The molecular weight excluding hydrogens is 667 g/mol. The fourth-order valence-corrected chi connectivity index (χ4v) is 19.3. The SMILES string of the molecule is CC1(C)c2ccccc2Oc2c(N(c3cccc4c3Sc3ccccc3[Si]4(C)C)c3cccc4c3Sc3ccccc3[Si]4(C)C)cccc21. The van der Waals surface area contributed by atoms with Crippen LogP contribution in [0.3, 0.4) is 0 Å². The predicted octanol–water partition coefficient (Wildman–Crippen LogP) is 10.2. The van der Waals surface area contributed by atoms with E-state index < -0.39 is 16.1 Å². The summed E-state index contributed by atoms with van der Waals surface area (Å²) in [5.41, 5.74) is 5.74. The molecule has 49 heavy (non-hydrogen) atoms. The number of hydrogen-bond donors (Lipinski definition) is 0. The Labute approximate surface area is 300 Å². The van der Waals surface area contributed by atoms with Gasteiger partial charge in [0.05, 0.1) is 17.1 Å². The third-order valence-corrected chi connectivity index (χ3v) is 21.3. The van der Waals surface area contributed by atoms with Crippen molar-refractivity contribution in [1.29, 1.82) is 0 Å². The summed E-state index contributed by atoms with van der Waals surface area (Å²) in [6, 6.07) is 47.5. The van der Waals surface area contributed by atoms with E-state index in [0.717, 1.165) is 17.2 Å². The van der Waals surface area contributed by atoms with Gasteiger partial charge < -0.3 is 9.64 Å². The molecule has 0 aromatic heterocycles. The van der Waals surface area contributed by atoms with Crippen LogP contribution in [0.4, 0.5) is 17.1 Å². The average molecular weight is 706 g/mol. The molecule has 6 aromatic rings. The fraction of sp³-hybridized carbons (Fsp3) is 0.163. The van der Waals surface area contributed by atoms with Crippen LogP contribution < -0.4 is 30.4 Å². The highest BCUT2D eigenvalue weighted by Crippen LogP contribution is 2.56. The van der Waals surface area contributed by atoms with Crippen molar-refractivity contribution in [2.24, 2.45) is 0 Å². The van der Waals surface area contributed by atoms with E-state index in [9.17, 15) is 0 Å². The lowest BCUT2D eigenvalue weighted by atomic mass is 9.75. The van der Waals surface area contributed by atoms with Gasteiger partial charge >= 0.3 is 0 Å². The number of fused-ring (bicyclic) bond motifs is 6. The number of benzene rings is 6. The third kappa shape index (κ3) is 4.54. The van der Waals surface area contributed by atoms with Crippen LogP contribution in [-0.4, -0.2) is 16.1 Å². The van der Waals surface area contributed by atoms with E-state index in [1.54, 1.807) is 0 Å². The molecule has 0 atom stereocenters. The van der Waals surface area contributed by atoms with Gasteiger partial charge in [0.25, 0.3) is 0 Å². The van der Waals surface area contributed by atoms with E-state index in [1.807, 2.05) is 23.5 Å². The van der Waals surface area contributed by atoms with Gasteiger partial charge in [-0.05, 0) is 57.1 Å². The molecule has 3 aliphatic heterocycles. The maximum Gasteiger partial charge on any atom is 0.155 e. The Hall–Kier alpha value is -3.95. The first-order chi connectivity index (χ1) is 23.6. The Morgan fingerprint density at radius 2 is 0.939 bits per heavy atom. The van der Waals surface area contributed by atoms with Crippen molar-refractivity contribution in [3.05, 3.63) is 139 Å². The van der Waals surface area contributed by atoms with Crippen molar-refractivity contribution in [3.8, 4) is 11.5 Å². The van der Waals surface area contributed by atoms with Crippen LogP contribution in [0.2, 0.25) is 26.2 Å². The highest BCUT2D eigenvalue weighted by atomic mass is 32.2. The molecule has 3 aliphatic rings. The van der Waals surface area contributed by atoms with Gasteiger partial charge in [0, 0.05) is 36.1 Å². The Balaban J connectivity index is 1.34. The largest absolute Gasteiger partial charge is 0.455 e. The molecule has 0 bridgehead atoms. The summed E-state index contributed by atoms with van der Waals surface area (Å²) in [4.78, 5) is 8.04. The van der Waals surface area contributed by atoms with E-state index in [2.05, 4.69) is 172 Å². The Bertz CT molecular complexity index is 2070. The molecule has 0 fully saturated rings. The van der Waals surface area contributed by atoms with Gasteiger partial charge in [-0.15, -0.1) is 0 Å². The number of nitrogens with zero attached hydrogens (tertiary/aromatic N) is 1. The Kier molecular flexibility index (Phi) is 6.99. The number of rotatable bonds is 3. The lowest BCUT2D eigenvalue weighted by Crippen LogP contribution is -2.56. The van der Waals surface area contributed by atoms with Crippen LogP contribution in [0.5, 0.6) is 11.5 Å². The maximum absolute atomic E-state index is 7.01. The lowest BCUT2D eigenvalue weighted by molar-refractivity contribution is 0.419. The standard InChI is InChI=1S/C43H39NOS2Si2/c1-43(2)28-16-7-8-21-33(28)45-40-29(43)17-13-18-30(40)44(31-19-14-26-38-41(31)46-34-22-9-11-24-36(34)48(38,3)4)32-20-15-27-39-42(32)47-35-23-10-12-25-37(35)49(39,5)6/h7-27H,1-6H3. The van der Waals surface area contributed by atoms with Gasteiger partial charge in [0.2, 0.25) is 0 Å². The quantitative estimate of drug-likeness (QED) is 0.170. The zero-order valence-electron chi connectivity index (χ0n) is 28.8. The van der Waals surface area contributed by atoms with E-state index in [0.29, 0.717) is 0 Å². The molecular formula is C43H39NOS2Si2. The molecule has 2 nitrogen and oxygen atoms in total. The predicted molar refractivity (Wildman–Crippen MR) is 214 cm³/mol. The summed E-state index contributed by atoms with van der Waals surface area (Å²) >= 11 is 3.87. The van der Waals surface area contributed by atoms with E-state index in [-0.39, 0.29) is 5.41 Å². The minimum atomic E-state index is -1.99. The molecule has 0 aliphatic carbocycles. The van der Waals surface area contributed by atoms with Gasteiger partial charge in [0.1, 0.15) is 21.9 Å². The zero-order chi connectivity index (χ0) is 33.7. The lowest BCUT2D eigenvalue weighted by Gasteiger charge is -2.41. The minimum absolute atomic E-state index is 0.219. The zero-order valence-corrected chi connectivity index (χ0v) is 32.4. The molecule has 9 rings (SSSR count). The number of hydrogen-bond acceptors (Lipinski definition) is 4. The van der Waals surface area contributed by atoms with Crippen molar-refractivity contribution in [2.75, 3.05) is 4.90 Å². The monoisotopic (exact) mass is 705 g/mol. The van der Waals surface area contributed by atoms with Crippen LogP contribution in [0.15, 0.2) is 147 Å². The first kappa shape index (κ1) is 31.1. The highest BCUT2D eigenvalue weighted by molar-refractivity contribution is 8.00. The summed E-state index contributed by atoms with van der Waals surface area (Å²) in [5, 5.41) is 6.03. The molecule has 3 heterocycles. The van der Waals surface area contributed by atoms with Crippen LogP contribution in [-0.2, 0) is 5.41 Å². The van der Waals surface area contributed by atoms with Crippen LogP contribution in [0.1, 0.15) is 25.0 Å². The van der Waals surface area contributed by atoms with Gasteiger partial charge in [-0.25, -0.2) is 0 Å². The summed E-state index contributed by atoms with van der Waals surface area (Å²) in [6.07, 6.45) is 0. The second-order valence-corrected chi connectivity index (χ2v) is 25.7. The van der Waals surface area contributed by atoms with Crippen molar-refractivity contribution >= 4 is 77.5 Å². The molecule has 242 valence electrons. The second kappa shape index (κ2) is 11.0. The van der Waals surface area contributed by atoms with E-state index in [4.69, 9.17) is 4.74 Å². The van der Waals surface area contributed by atoms with Crippen molar-refractivity contribution < 1.29 is 4.74 Å². The van der Waals surface area contributed by atoms with Gasteiger partial charge in [-0.3, -0.25) is 0 Å². The second-order valence-electron chi connectivity index (χ2n) is 15.0. The normalized spacial score (nSPS) is 16.9. The molecule has 0 unspecified atom stereocenters. The Morgan fingerprint density at radius 1 is 0.490 bits per heavy atom. The maximum atomic E-state index is 7.01. The summed E-state index contributed by atoms with van der Waals surface area (Å²) < 4.78 is 7.01. The highest BCUT2D eigenvalue weighted by Gasteiger charge is 2.42. The number of para-hydroxylation sites is 2. The van der Waals surface area contributed by atoms with Crippen molar-refractivity contribution in [2.45, 2.75) is 65.0 Å². The molecule has 0 spiro atoms. The molecule has 0 amide bonds. The van der Waals surface area contributed by atoms with Gasteiger partial charge in [0.15, 0.2) is 5.75 Å². The van der Waals surface area contributed by atoms with E-state index in [1.165, 1.54) is 62.8 Å². The topological polar surface area (TPSA) is 12.5 Å². The van der Waals surface area contributed by atoms with Crippen LogP contribution >= 0.6 is 23.5 Å². The summed E-state index contributed by atoms with van der Waals surface area (Å²) in [6.45, 7) is 14.7. The van der Waals surface area contributed by atoms with Gasteiger partial charge in [-0.1, -0.05) is 155 Å². The first-order valence-electron chi connectivity index (χ1n) is 17.1. The fourth-order valence-electron chi connectivity index (χ4n) is 8.27. The number of anilines is 3. The molecule has 6 aromatic carbocycles. The summed E-state index contributed by atoms with van der Waals surface area (Å²) in [7, 11) is -3.97.